The maximum absolute atomic E-state index is 11.6. The number of carbonyl (C=O) groups is 1. The standard InChI is InChI=1S/C11H14N2O3/c14-9(7-1-2-7)6-13-11(16)8-3-4-12-5-10(8)15/h3-5,7,9,14-15H,1-2,6H2,(H,13,16). The minimum absolute atomic E-state index is 0.152. The van der Waals surface area contributed by atoms with Crippen molar-refractivity contribution in [3.05, 3.63) is 24.0 Å². The van der Waals surface area contributed by atoms with Crippen molar-refractivity contribution in [2.45, 2.75) is 18.9 Å². The van der Waals surface area contributed by atoms with Gasteiger partial charge in [-0.1, -0.05) is 0 Å². The SMILES string of the molecule is O=C(NCC(O)C1CC1)c1ccncc1O. The predicted molar refractivity (Wildman–Crippen MR) is 57.0 cm³/mol. The molecule has 1 unspecified atom stereocenters. The summed E-state index contributed by atoms with van der Waals surface area (Å²) in [7, 11) is 0. The second kappa shape index (κ2) is 4.49. The van der Waals surface area contributed by atoms with E-state index in [4.69, 9.17) is 0 Å². The van der Waals surface area contributed by atoms with Crippen LogP contribution in [0.15, 0.2) is 18.5 Å². The maximum atomic E-state index is 11.6. The number of aliphatic hydroxyl groups excluding tert-OH is 1. The highest BCUT2D eigenvalue weighted by Crippen LogP contribution is 2.32. The quantitative estimate of drug-likeness (QED) is 0.683. The number of rotatable bonds is 4. The highest BCUT2D eigenvalue weighted by Gasteiger charge is 2.29. The first-order valence-electron chi connectivity index (χ1n) is 5.27. The van der Waals surface area contributed by atoms with E-state index in [1.807, 2.05) is 0 Å². The molecule has 1 aromatic rings. The molecule has 5 heteroatoms. The van der Waals surface area contributed by atoms with E-state index in [0.717, 1.165) is 12.8 Å². The normalized spacial score (nSPS) is 16.8. The van der Waals surface area contributed by atoms with Gasteiger partial charge in [-0.3, -0.25) is 9.78 Å². The Hall–Kier alpha value is -1.62. The van der Waals surface area contributed by atoms with Gasteiger partial charge >= 0.3 is 0 Å². The maximum Gasteiger partial charge on any atom is 0.255 e. The van der Waals surface area contributed by atoms with Crippen molar-refractivity contribution in [1.82, 2.24) is 10.3 Å². The summed E-state index contributed by atoms with van der Waals surface area (Å²) in [5.74, 6) is -0.216. The number of pyridine rings is 1. The van der Waals surface area contributed by atoms with E-state index in [9.17, 15) is 15.0 Å². The number of aliphatic hydroxyl groups is 1. The predicted octanol–water partition coefficient (Wildman–Crippen LogP) is 0.288. The molecule has 1 fully saturated rings. The molecule has 1 atom stereocenters. The van der Waals surface area contributed by atoms with Crippen molar-refractivity contribution >= 4 is 5.91 Å². The molecule has 1 amide bonds. The Morgan fingerprint density at radius 2 is 2.38 bits per heavy atom. The van der Waals surface area contributed by atoms with Crippen LogP contribution in [0.2, 0.25) is 0 Å². The van der Waals surface area contributed by atoms with Gasteiger partial charge in [0.05, 0.1) is 17.9 Å². The molecule has 1 aliphatic carbocycles. The summed E-state index contributed by atoms with van der Waals surface area (Å²) in [6.45, 7) is 0.227. The van der Waals surface area contributed by atoms with Crippen molar-refractivity contribution in [3.63, 3.8) is 0 Å². The van der Waals surface area contributed by atoms with Crippen LogP contribution in [0, 0.1) is 5.92 Å². The first kappa shape index (κ1) is 10.9. The monoisotopic (exact) mass is 222 g/mol. The minimum Gasteiger partial charge on any atom is -0.505 e. The molecule has 1 saturated carbocycles. The van der Waals surface area contributed by atoms with E-state index in [0.29, 0.717) is 5.92 Å². The van der Waals surface area contributed by atoms with Crippen molar-refractivity contribution in [1.29, 1.82) is 0 Å². The Morgan fingerprint density at radius 3 is 3.00 bits per heavy atom. The fraction of sp³-hybridized carbons (Fsp3) is 0.455. The number of hydrogen-bond donors (Lipinski definition) is 3. The summed E-state index contributed by atoms with van der Waals surface area (Å²) in [5, 5.41) is 21.5. The van der Waals surface area contributed by atoms with Gasteiger partial charge in [0.25, 0.3) is 5.91 Å². The van der Waals surface area contributed by atoms with Gasteiger partial charge in [0.15, 0.2) is 0 Å². The molecule has 0 saturated heterocycles. The Morgan fingerprint density at radius 1 is 1.62 bits per heavy atom. The first-order chi connectivity index (χ1) is 7.68. The Bertz CT molecular complexity index is 391. The Kier molecular flexibility index (Phi) is 3.05. The lowest BCUT2D eigenvalue weighted by molar-refractivity contribution is 0.0898. The highest BCUT2D eigenvalue weighted by atomic mass is 16.3. The summed E-state index contributed by atoms with van der Waals surface area (Å²) in [5.41, 5.74) is 0.179. The molecule has 86 valence electrons. The molecule has 1 aromatic heterocycles. The van der Waals surface area contributed by atoms with E-state index in [1.165, 1.54) is 18.5 Å². The summed E-state index contributed by atoms with van der Waals surface area (Å²) in [6.07, 6.45) is 4.22. The van der Waals surface area contributed by atoms with E-state index in [2.05, 4.69) is 10.3 Å². The Balaban J connectivity index is 1.90. The summed E-state index contributed by atoms with van der Waals surface area (Å²) in [6, 6.07) is 1.44. The van der Waals surface area contributed by atoms with Gasteiger partial charge in [0, 0.05) is 12.7 Å². The number of nitrogens with one attached hydrogen (secondary N) is 1. The van der Waals surface area contributed by atoms with E-state index in [1.54, 1.807) is 0 Å². The van der Waals surface area contributed by atoms with Crippen LogP contribution >= 0.6 is 0 Å². The van der Waals surface area contributed by atoms with Crippen molar-refractivity contribution in [2.75, 3.05) is 6.54 Å². The lowest BCUT2D eigenvalue weighted by Gasteiger charge is -2.10. The fourth-order valence-corrected chi connectivity index (χ4v) is 1.52. The third-order valence-corrected chi connectivity index (χ3v) is 2.68. The summed E-state index contributed by atoms with van der Waals surface area (Å²) < 4.78 is 0. The van der Waals surface area contributed by atoms with Crippen LogP contribution < -0.4 is 5.32 Å². The van der Waals surface area contributed by atoms with Gasteiger partial charge in [-0.2, -0.15) is 0 Å². The van der Waals surface area contributed by atoms with Crippen LogP contribution in [0.1, 0.15) is 23.2 Å². The largest absolute Gasteiger partial charge is 0.505 e. The number of hydrogen-bond acceptors (Lipinski definition) is 4. The molecular formula is C11H14N2O3. The number of aromatic nitrogens is 1. The summed E-state index contributed by atoms with van der Waals surface area (Å²) >= 11 is 0. The van der Waals surface area contributed by atoms with Crippen LogP contribution in [0.4, 0.5) is 0 Å². The average molecular weight is 222 g/mol. The average Bonchev–Trinajstić information content (AvgIpc) is 3.10. The van der Waals surface area contributed by atoms with Crippen LogP contribution in [0.5, 0.6) is 5.75 Å². The molecule has 2 rings (SSSR count). The molecule has 5 nitrogen and oxygen atoms in total. The highest BCUT2D eigenvalue weighted by molar-refractivity contribution is 5.96. The first-order valence-corrected chi connectivity index (χ1v) is 5.27. The topological polar surface area (TPSA) is 82.5 Å². The number of nitrogens with zero attached hydrogens (tertiary/aromatic N) is 1. The molecule has 0 bridgehead atoms. The molecular weight excluding hydrogens is 208 g/mol. The van der Waals surface area contributed by atoms with Gasteiger partial charge in [-0.05, 0) is 24.8 Å². The van der Waals surface area contributed by atoms with E-state index in [-0.39, 0.29) is 23.8 Å². The van der Waals surface area contributed by atoms with Gasteiger partial charge in [-0.15, -0.1) is 0 Å². The summed E-state index contributed by atoms with van der Waals surface area (Å²) in [4.78, 5) is 15.3. The van der Waals surface area contributed by atoms with Gasteiger partial charge < -0.3 is 15.5 Å². The second-order valence-electron chi connectivity index (χ2n) is 4.01. The molecule has 0 radical (unpaired) electrons. The number of carbonyl (C=O) groups excluding carboxylic acids is 1. The van der Waals surface area contributed by atoms with Crippen molar-refractivity contribution in [3.8, 4) is 5.75 Å². The van der Waals surface area contributed by atoms with Gasteiger partial charge in [-0.25, -0.2) is 0 Å². The molecule has 0 spiro atoms. The molecule has 3 N–H and O–H groups in total. The van der Waals surface area contributed by atoms with Crippen LogP contribution in [-0.2, 0) is 0 Å². The zero-order valence-corrected chi connectivity index (χ0v) is 8.76. The third kappa shape index (κ3) is 2.49. The fourth-order valence-electron chi connectivity index (χ4n) is 1.52. The molecule has 16 heavy (non-hydrogen) atoms. The van der Waals surface area contributed by atoms with Crippen molar-refractivity contribution < 1.29 is 15.0 Å². The van der Waals surface area contributed by atoms with Crippen LogP contribution in [0.25, 0.3) is 0 Å². The second-order valence-corrected chi connectivity index (χ2v) is 4.01. The molecule has 1 heterocycles. The molecule has 1 aliphatic rings. The lowest BCUT2D eigenvalue weighted by atomic mass is 10.2. The lowest BCUT2D eigenvalue weighted by Crippen LogP contribution is -2.33. The number of amides is 1. The van der Waals surface area contributed by atoms with Crippen LogP contribution in [0.3, 0.4) is 0 Å². The van der Waals surface area contributed by atoms with Gasteiger partial charge in [0.1, 0.15) is 5.75 Å². The molecule has 0 aliphatic heterocycles. The molecule has 0 aromatic carbocycles. The van der Waals surface area contributed by atoms with Gasteiger partial charge in [0.2, 0.25) is 0 Å². The van der Waals surface area contributed by atoms with Crippen LogP contribution in [-0.4, -0.2) is 33.8 Å². The smallest absolute Gasteiger partial charge is 0.255 e. The zero-order valence-electron chi connectivity index (χ0n) is 8.76. The van der Waals surface area contributed by atoms with E-state index >= 15 is 0 Å². The number of aromatic hydroxyl groups is 1. The zero-order chi connectivity index (χ0) is 11.5. The minimum atomic E-state index is -0.479. The Labute approximate surface area is 93.1 Å². The van der Waals surface area contributed by atoms with Crippen molar-refractivity contribution in [2.24, 2.45) is 5.92 Å². The van der Waals surface area contributed by atoms with E-state index < -0.39 is 6.10 Å². The third-order valence-electron chi connectivity index (χ3n) is 2.68.